The molecule has 148 valence electrons. The second-order valence-corrected chi connectivity index (χ2v) is 6.80. The SMILES string of the molecule is CCOc1ccc(CN(C(=O)Nc2ccccc2)C2CCCCNC2=O)cc1. The highest BCUT2D eigenvalue weighted by Crippen LogP contribution is 2.20. The third-order valence-electron chi connectivity index (χ3n) is 4.76. The molecule has 0 spiro atoms. The van der Waals surface area contributed by atoms with Crippen LogP contribution in [0.25, 0.3) is 0 Å². The highest BCUT2D eigenvalue weighted by atomic mass is 16.5. The van der Waals surface area contributed by atoms with Crippen LogP contribution >= 0.6 is 0 Å². The summed E-state index contributed by atoms with van der Waals surface area (Å²) in [5.74, 6) is 0.699. The fourth-order valence-corrected chi connectivity index (χ4v) is 3.32. The van der Waals surface area contributed by atoms with Crippen LogP contribution in [0.5, 0.6) is 5.75 Å². The van der Waals surface area contributed by atoms with Crippen LogP contribution in [0.3, 0.4) is 0 Å². The van der Waals surface area contributed by atoms with Crippen LogP contribution in [-0.2, 0) is 11.3 Å². The van der Waals surface area contributed by atoms with Crippen LogP contribution in [0.1, 0.15) is 31.7 Å². The van der Waals surface area contributed by atoms with Crippen molar-refractivity contribution in [1.82, 2.24) is 10.2 Å². The maximum absolute atomic E-state index is 13.1. The number of nitrogens with zero attached hydrogens (tertiary/aromatic N) is 1. The van der Waals surface area contributed by atoms with Crippen molar-refractivity contribution in [1.29, 1.82) is 0 Å². The molecule has 0 aliphatic carbocycles. The monoisotopic (exact) mass is 381 g/mol. The van der Waals surface area contributed by atoms with Gasteiger partial charge in [0.25, 0.3) is 0 Å². The standard InChI is InChI=1S/C22H27N3O3/c1-2-28-19-13-11-17(12-14-19)16-25(20-10-6-7-15-23-21(20)26)22(27)24-18-8-4-3-5-9-18/h3-5,8-9,11-14,20H,2,6-7,10,15-16H2,1H3,(H,23,26)(H,24,27). The van der Waals surface area contributed by atoms with E-state index < -0.39 is 6.04 Å². The molecule has 3 rings (SSSR count). The first kappa shape index (κ1) is 19.7. The van der Waals surface area contributed by atoms with Crippen LogP contribution in [0, 0.1) is 0 Å². The van der Waals surface area contributed by atoms with Crippen LogP contribution in [-0.4, -0.2) is 36.0 Å². The molecule has 0 saturated carbocycles. The summed E-state index contributed by atoms with van der Waals surface area (Å²) in [6, 6.07) is 16.2. The number of urea groups is 1. The molecule has 2 aromatic rings. The summed E-state index contributed by atoms with van der Waals surface area (Å²) < 4.78 is 5.49. The lowest BCUT2D eigenvalue weighted by Gasteiger charge is -2.30. The fourth-order valence-electron chi connectivity index (χ4n) is 3.32. The molecule has 2 N–H and O–H groups in total. The number of benzene rings is 2. The summed E-state index contributed by atoms with van der Waals surface area (Å²) in [6.45, 7) is 3.55. The van der Waals surface area contributed by atoms with Gasteiger partial charge in [-0.25, -0.2) is 4.79 Å². The van der Waals surface area contributed by atoms with Gasteiger partial charge in [-0.1, -0.05) is 30.3 Å². The maximum atomic E-state index is 13.1. The molecule has 1 fully saturated rings. The Kier molecular flexibility index (Phi) is 6.89. The summed E-state index contributed by atoms with van der Waals surface area (Å²) in [7, 11) is 0. The Morgan fingerprint density at radius 2 is 1.89 bits per heavy atom. The average Bonchev–Trinajstić information content (AvgIpc) is 2.92. The summed E-state index contributed by atoms with van der Waals surface area (Å²) in [6.07, 6.45) is 2.49. The first-order chi connectivity index (χ1) is 13.7. The summed E-state index contributed by atoms with van der Waals surface area (Å²) in [5, 5.41) is 5.84. The van der Waals surface area contributed by atoms with E-state index in [0.29, 0.717) is 31.8 Å². The van der Waals surface area contributed by atoms with Crippen molar-refractivity contribution in [3.63, 3.8) is 0 Å². The molecule has 6 nitrogen and oxygen atoms in total. The number of amides is 3. The molecule has 1 aliphatic rings. The van der Waals surface area contributed by atoms with E-state index in [-0.39, 0.29) is 11.9 Å². The smallest absolute Gasteiger partial charge is 0.322 e. The van der Waals surface area contributed by atoms with E-state index in [2.05, 4.69) is 10.6 Å². The van der Waals surface area contributed by atoms with Crippen molar-refractivity contribution in [2.24, 2.45) is 0 Å². The number of ether oxygens (including phenoxy) is 1. The van der Waals surface area contributed by atoms with Gasteiger partial charge in [-0.2, -0.15) is 0 Å². The van der Waals surface area contributed by atoms with Crippen molar-refractivity contribution in [3.05, 3.63) is 60.2 Å². The Morgan fingerprint density at radius 1 is 1.14 bits per heavy atom. The third-order valence-corrected chi connectivity index (χ3v) is 4.76. The van der Waals surface area contributed by atoms with Crippen LogP contribution in [0.2, 0.25) is 0 Å². The lowest BCUT2D eigenvalue weighted by Crippen LogP contribution is -2.49. The molecule has 1 heterocycles. The predicted octanol–water partition coefficient (Wildman–Crippen LogP) is 3.79. The zero-order chi connectivity index (χ0) is 19.8. The maximum Gasteiger partial charge on any atom is 0.322 e. The largest absolute Gasteiger partial charge is 0.494 e. The lowest BCUT2D eigenvalue weighted by atomic mass is 10.1. The van der Waals surface area contributed by atoms with Gasteiger partial charge in [0, 0.05) is 18.8 Å². The Morgan fingerprint density at radius 3 is 2.61 bits per heavy atom. The first-order valence-electron chi connectivity index (χ1n) is 9.79. The number of hydrogen-bond donors (Lipinski definition) is 2. The van der Waals surface area contributed by atoms with Gasteiger partial charge in [0.1, 0.15) is 11.8 Å². The molecule has 6 heteroatoms. The van der Waals surface area contributed by atoms with Crippen LogP contribution in [0.4, 0.5) is 10.5 Å². The summed E-state index contributed by atoms with van der Waals surface area (Å²) >= 11 is 0. The number of hydrogen-bond acceptors (Lipinski definition) is 3. The van der Waals surface area contributed by atoms with Gasteiger partial charge in [0.15, 0.2) is 0 Å². The Hall–Kier alpha value is -3.02. The highest BCUT2D eigenvalue weighted by Gasteiger charge is 2.31. The van der Waals surface area contributed by atoms with Gasteiger partial charge in [-0.15, -0.1) is 0 Å². The molecule has 1 unspecified atom stereocenters. The van der Waals surface area contributed by atoms with Crippen molar-refractivity contribution in [3.8, 4) is 5.75 Å². The zero-order valence-corrected chi connectivity index (χ0v) is 16.2. The number of rotatable bonds is 6. The van der Waals surface area contributed by atoms with Gasteiger partial charge in [-0.05, 0) is 56.0 Å². The normalized spacial score (nSPS) is 16.6. The van der Waals surface area contributed by atoms with E-state index in [1.165, 1.54) is 0 Å². The van der Waals surface area contributed by atoms with E-state index >= 15 is 0 Å². The minimum Gasteiger partial charge on any atom is -0.494 e. The molecular formula is C22H27N3O3. The van der Waals surface area contributed by atoms with Crippen LogP contribution < -0.4 is 15.4 Å². The van der Waals surface area contributed by atoms with Crippen molar-refractivity contribution >= 4 is 17.6 Å². The lowest BCUT2D eigenvalue weighted by molar-refractivity contribution is -0.125. The minimum absolute atomic E-state index is 0.0911. The van der Waals surface area contributed by atoms with E-state index in [9.17, 15) is 9.59 Å². The second-order valence-electron chi connectivity index (χ2n) is 6.80. The van der Waals surface area contributed by atoms with Gasteiger partial charge < -0.3 is 20.3 Å². The van der Waals surface area contributed by atoms with E-state index in [1.807, 2.05) is 61.5 Å². The molecular weight excluding hydrogens is 354 g/mol. The van der Waals surface area contributed by atoms with Crippen molar-refractivity contribution in [2.75, 3.05) is 18.5 Å². The second kappa shape index (κ2) is 9.78. The summed E-state index contributed by atoms with van der Waals surface area (Å²) in [4.78, 5) is 27.3. The number of anilines is 1. The number of carbonyl (C=O) groups is 2. The molecule has 2 aromatic carbocycles. The van der Waals surface area contributed by atoms with E-state index in [4.69, 9.17) is 4.74 Å². The molecule has 0 aromatic heterocycles. The first-order valence-corrected chi connectivity index (χ1v) is 9.79. The third kappa shape index (κ3) is 5.25. The number of nitrogens with one attached hydrogen (secondary N) is 2. The van der Waals surface area contributed by atoms with Crippen molar-refractivity contribution < 1.29 is 14.3 Å². The summed E-state index contributed by atoms with van der Waals surface area (Å²) in [5.41, 5.74) is 1.65. The fraction of sp³-hybridized carbons (Fsp3) is 0.364. The number of carbonyl (C=O) groups excluding carboxylic acids is 2. The molecule has 1 saturated heterocycles. The molecule has 1 atom stereocenters. The van der Waals surface area contributed by atoms with Gasteiger partial charge in [-0.3, -0.25) is 4.79 Å². The topological polar surface area (TPSA) is 70.7 Å². The van der Waals surface area contributed by atoms with Crippen LogP contribution in [0.15, 0.2) is 54.6 Å². The predicted molar refractivity (Wildman–Crippen MR) is 109 cm³/mol. The number of para-hydroxylation sites is 1. The van der Waals surface area contributed by atoms with Gasteiger partial charge >= 0.3 is 6.03 Å². The average molecular weight is 381 g/mol. The zero-order valence-electron chi connectivity index (χ0n) is 16.2. The van der Waals surface area contributed by atoms with Gasteiger partial charge in [0.05, 0.1) is 6.61 Å². The Bertz CT molecular complexity index is 777. The quantitative estimate of drug-likeness (QED) is 0.800. The van der Waals surface area contributed by atoms with E-state index in [0.717, 1.165) is 24.2 Å². The molecule has 28 heavy (non-hydrogen) atoms. The molecule has 1 aliphatic heterocycles. The Balaban J connectivity index is 1.80. The molecule has 0 radical (unpaired) electrons. The highest BCUT2D eigenvalue weighted by molar-refractivity contribution is 5.93. The Labute approximate surface area is 165 Å². The minimum atomic E-state index is -0.488. The molecule has 0 bridgehead atoms. The van der Waals surface area contributed by atoms with Gasteiger partial charge in [0.2, 0.25) is 5.91 Å². The van der Waals surface area contributed by atoms with E-state index in [1.54, 1.807) is 4.90 Å². The van der Waals surface area contributed by atoms with Crippen molar-refractivity contribution in [2.45, 2.75) is 38.8 Å². The molecule has 3 amide bonds.